The van der Waals surface area contributed by atoms with Gasteiger partial charge in [0, 0.05) is 24.0 Å². The number of urea groups is 1. The lowest BCUT2D eigenvalue weighted by Gasteiger charge is -2.14. The molecule has 0 bridgehead atoms. The van der Waals surface area contributed by atoms with Crippen LogP contribution in [0.4, 0.5) is 16.2 Å². The van der Waals surface area contributed by atoms with Crippen molar-refractivity contribution in [3.05, 3.63) is 65.5 Å². The molecule has 0 aliphatic heterocycles. The van der Waals surface area contributed by atoms with Gasteiger partial charge in [-0.05, 0) is 54.1 Å². The minimum absolute atomic E-state index is 0.290. The second-order valence-corrected chi connectivity index (χ2v) is 6.33. The van der Waals surface area contributed by atoms with Crippen molar-refractivity contribution >= 4 is 23.3 Å². The summed E-state index contributed by atoms with van der Waals surface area (Å²) < 4.78 is 1.50. The van der Waals surface area contributed by atoms with Gasteiger partial charge in [-0.25, -0.2) is 9.48 Å². The first kappa shape index (κ1) is 19.0. The summed E-state index contributed by atoms with van der Waals surface area (Å²) in [5.74, 6) is 0.253. The summed E-state index contributed by atoms with van der Waals surface area (Å²) in [5.41, 5.74) is 2.49. The lowest BCUT2D eigenvalue weighted by molar-refractivity contribution is 0.0937. The number of benzene rings is 2. The van der Waals surface area contributed by atoms with Crippen LogP contribution >= 0.6 is 0 Å². The number of rotatable bonds is 5. The molecule has 2 aromatic carbocycles. The molecule has 1 heterocycles. The largest absolute Gasteiger partial charge is 0.342 e. The molecule has 0 aliphatic carbocycles. The van der Waals surface area contributed by atoms with Crippen LogP contribution in [0.5, 0.6) is 0 Å². The Bertz CT molecular complexity index is 985. The fourth-order valence-corrected chi connectivity index (χ4v) is 2.65. The Kier molecular flexibility index (Phi) is 5.64. The van der Waals surface area contributed by atoms with Crippen LogP contribution in [0, 0.1) is 6.92 Å². The van der Waals surface area contributed by atoms with Crippen LogP contribution in [0.25, 0.3) is 0 Å². The average molecular weight is 379 g/mol. The van der Waals surface area contributed by atoms with Crippen LogP contribution in [0.1, 0.15) is 34.7 Å². The topological polar surface area (TPSA) is 114 Å². The van der Waals surface area contributed by atoms with Crippen molar-refractivity contribution in [1.29, 1.82) is 0 Å². The molecule has 0 saturated heterocycles. The number of para-hydroxylation sites is 1. The van der Waals surface area contributed by atoms with E-state index in [0.717, 1.165) is 5.56 Å². The molecule has 0 unspecified atom stereocenters. The minimum Gasteiger partial charge on any atom is -0.342 e. The van der Waals surface area contributed by atoms with Gasteiger partial charge in [0.2, 0.25) is 0 Å². The molecule has 28 heavy (non-hydrogen) atoms. The van der Waals surface area contributed by atoms with Crippen LogP contribution in [0.15, 0.2) is 48.5 Å². The zero-order valence-corrected chi connectivity index (χ0v) is 15.8. The van der Waals surface area contributed by atoms with Crippen molar-refractivity contribution in [3.63, 3.8) is 0 Å². The molecule has 0 radical (unpaired) electrons. The van der Waals surface area contributed by atoms with Gasteiger partial charge >= 0.3 is 6.03 Å². The van der Waals surface area contributed by atoms with Crippen molar-refractivity contribution in [3.8, 4) is 0 Å². The number of nitrogens with one attached hydrogen (secondary N) is 3. The maximum absolute atomic E-state index is 12.6. The first-order valence-corrected chi connectivity index (χ1v) is 8.71. The Morgan fingerprint density at radius 3 is 2.50 bits per heavy atom. The highest BCUT2D eigenvalue weighted by Gasteiger charge is 2.17. The standard InChI is InChI=1S/C19H21N7O2/c1-12-9-10-14(18(27)20-13(2)17-23-24-25-26(17)3)11-16(12)22-19(28)21-15-7-5-4-6-8-15/h4-11,13H,1-3H3,(H,20,27)(H2,21,22,28)/t13-/m1/s1. The molecule has 3 amide bonds. The van der Waals surface area contributed by atoms with Crippen molar-refractivity contribution in [2.75, 3.05) is 10.6 Å². The molecular weight excluding hydrogens is 358 g/mol. The second-order valence-electron chi connectivity index (χ2n) is 6.33. The zero-order chi connectivity index (χ0) is 20.1. The number of hydrogen-bond donors (Lipinski definition) is 3. The van der Waals surface area contributed by atoms with E-state index < -0.39 is 0 Å². The predicted molar refractivity (Wildman–Crippen MR) is 105 cm³/mol. The fraction of sp³-hybridized carbons (Fsp3) is 0.211. The number of anilines is 2. The van der Waals surface area contributed by atoms with E-state index in [1.165, 1.54) is 4.68 Å². The number of hydrogen-bond acceptors (Lipinski definition) is 5. The Hall–Kier alpha value is -3.75. The third-order valence-electron chi connectivity index (χ3n) is 4.17. The Balaban J connectivity index is 1.69. The number of carbonyl (C=O) groups excluding carboxylic acids is 2. The molecule has 0 fully saturated rings. The number of amides is 3. The van der Waals surface area contributed by atoms with Crippen molar-refractivity contribution in [2.45, 2.75) is 19.9 Å². The van der Waals surface area contributed by atoms with E-state index in [2.05, 4.69) is 31.5 Å². The fourth-order valence-electron chi connectivity index (χ4n) is 2.65. The van der Waals surface area contributed by atoms with Crippen LogP contribution < -0.4 is 16.0 Å². The van der Waals surface area contributed by atoms with Crippen LogP contribution in [0.3, 0.4) is 0 Å². The molecule has 3 rings (SSSR count). The van der Waals surface area contributed by atoms with Gasteiger partial charge in [-0.1, -0.05) is 24.3 Å². The van der Waals surface area contributed by atoms with Crippen LogP contribution in [-0.2, 0) is 7.05 Å². The highest BCUT2D eigenvalue weighted by atomic mass is 16.2. The molecule has 0 spiro atoms. The first-order valence-electron chi connectivity index (χ1n) is 8.71. The quantitative estimate of drug-likeness (QED) is 0.631. The molecule has 9 nitrogen and oxygen atoms in total. The van der Waals surface area contributed by atoms with Crippen molar-refractivity contribution in [1.82, 2.24) is 25.5 Å². The molecule has 9 heteroatoms. The van der Waals surface area contributed by atoms with Gasteiger partial charge in [0.1, 0.15) is 0 Å². The second kappa shape index (κ2) is 8.30. The number of tetrazole rings is 1. The predicted octanol–water partition coefficient (Wildman–Crippen LogP) is 2.65. The number of nitrogens with zero attached hydrogens (tertiary/aromatic N) is 4. The summed E-state index contributed by atoms with van der Waals surface area (Å²) in [7, 11) is 1.71. The molecule has 0 aliphatic rings. The lowest BCUT2D eigenvalue weighted by Crippen LogP contribution is -2.28. The lowest BCUT2D eigenvalue weighted by atomic mass is 10.1. The highest BCUT2D eigenvalue weighted by Crippen LogP contribution is 2.18. The first-order chi connectivity index (χ1) is 13.4. The van der Waals surface area contributed by atoms with E-state index >= 15 is 0 Å². The van der Waals surface area contributed by atoms with E-state index in [-0.39, 0.29) is 18.0 Å². The molecule has 3 aromatic rings. The smallest absolute Gasteiger partial charge is 0.323 e. The third kappa shape index (κ3) is 4.50. The van der Waals surface area contributed by atoms with Gasteiger partial charge in [-0.15, -0.1) is 5.10 Å². The van der Waals surface area contributed by atoms with Gasteiger partial charge in [-0.3, -0.25) is 4.79 Å². The van der Waals surface area contributed by atoms with Gasteiger partial charge in [-0.2, -0.15) is 0 Å². The van der Waals surface area contributed by atoms with Gasteiger partial charge in [0.05, 0.1) is 6.04 Å². The maximum atomic E-state index is 12.6. The molecule has 1 atom stereocenters. The van der Waals surface area contributed by atoms with Crippen LogP contribution in [-0.4, -0.2) is 32.1 Å². The van der Waals surface area contributed by atoms with Crippen molar-refractivity contribution < 1.29 is 9.59 Å². The SMILES string of the molecule is Cc1ccc(C(=O)N[C@H](C)c2nnnn2C)cc1NC(=O)Nc1ccccc1. The summed E-state index contributed by atoms with van der Waals surface area (Å²) >= 11 is 0. The number of aryl methyl sites for hydroxylation is 2. The molecule has 144 valence electrons. The summed E-state index contributed by atoms with van der Waals surface area (Å²) in [6, 6.07) is 13.5. The summed E-state index contributed by atoms with van der Waals surface area (Å²) in [6.45, 7) is 3.65. The molecule has 3 N–H and O–H groups in total. The van der Waals surface area contributed by atoms with E-state index in [4.69, 9.17) is 0 Å². The van der Waals surface area contributed by atoms with Gasteiger partial charge in [0.15, 0.2) is 5.82 Å². The van der Waals surface area contributed by atoms with Crippen LogP contribution in [0.2, 0.25) is 0 Å². The number of aromatic nitrogens is 4. The normalized spacial score (nSPS) is 11.5. The highest BCUT2D eigenvalue weighted by molar-refractivity contribution is 6.02. The average Bonchev–Trinajstić information content (AvgIpc) is 3.10. The monoisotopic (exact) mass is 379 g/mol. The molecular formula is C19H21N7O2. The third-order valence-corrected chi connectivity index (χ3v) is 4.17. The Morgan fingerprint density at radius 2 is 1.82 bits per heavy atom. The summed E-state index contributed by atoms with van der Waals surface area (Å²) in [4.78, 5) is 24.8. The van der Waals surface area contributed by atoms with E-state index in [1.807, 2.05) is 25.1 Å². The minimum atomic E-state index is -0.384. The van der Waals surface area contributed by atoms with Gasteiger partial charge in [0.25, 0.3) is 5.91 Å². The number of carbonyl (C=O) groups is 2. The Morgan fingerprint density at radius 1 is 1.07 bits per heavy atom. The van der Waals surface area contributed by atoms with E-state index in [9.17, 15) is 9.59 Å². The van der Waals surface area contributed by atoms with E-state index in [1.54, 1.807) is 44.3 Å². The Labute approximate surface area is 162 Å². The molecule has 0 saturated carbocycles. The maximum Gasteiger partial charge on any atom is 0.323 e. The van der Waals surface area contributed by atoms with Crippen molar-refractivity contribution in [2.24, 2.45) is 7.05 Å². The summed E-state index contributed by atoms with van der Waals surface area (Å²) in [6.07, 6.45) is 0. The zero-order valence-electron chi connectivity index (χ0n) is 15.8. The van der Waals surface area contributed by atoms with Gasteiger partial charge < -0.3 is 16.0 Å². The summed E-state index contributed by atoms with van der Waals surface area (Å²) in [5, 5.41) is 19.6. The van der Waals surface area contributed by atoms with E-state index in [0.29, 0.717) is 22.8 Å². The molecule has 1 aromatic heterocycles.